The van der Waals surface area contributed by atoms with Crippen LogP contribution in [0.4, 0.5) is 8.78 Å². The van der Waals surface area contributed by atoms with E-state index in [9.17, 15) is 18.4 Å². The number of hydrogen-bond donors (Lipinski definition) is 2. The quantitative estimate of drug-likeness (QED) is 0.852. The van der Waals surface area contributed by atoms with Crippen LogP contribution in [0, 0.1) is 11.6 Å². The van der Waals surface area contributed by atoms with E-state index >= 15 is 0 Å². The molecule has 0 spiro atoms. The minimum absolute atomic E-state index is 0.0687. The molecule has 0 aliphatic rings. The number of hydrogen-bond acceptors (Lipinski definition) is 3. The van der Waals surface area contributed by atoms with Gasteiger partial charge >= 0.3 is 0 Å². The van der Waals surface area contributed by atoms with Gasteiger partial charge < -0.3 is 15.1 Å². The molecule has 0 bridgehead atoms. The third-order valence-corrected chi connectivity index (χ3v) is 3.58. The standard InChI is InChI=1S/C17H18F2N2O3/c1-3-15(13-8-12(18)4-5-14(13)19)21-16(22)10(2)20-17(23)11-6-7-24-9-11/h4-10,15H,3H2,1-2H3,(H,20,23)(H,21,22). The van der Waals surface area contributed by atoms with Gasteiger partial charge in [0.05, 0.1) is 17.9 Å². The zero-order valence-corrected chi connectivity index (χ0v) is 13.3. The van der Waals surface area contributed by atoms with E-state index in [2.05, 4.69) is 10.6 Å². The van der Waals surface area contributed by atoms with Gasteiger partial charge in [0.15, 0.2) is 0 Å². The molecule has 1 heterocycles. The summed E-state index contributed by atoms with van der Waals surface area (Å²) in [4.78, 5) is 24.1. The lowest BCUT2D eigenvalue weighted by molar-refractivity contribution is -0.123. The van der Waals surface area contributed by atoms with Gasteiger partial charge in [0.2, 0.25) is 5.91 Å². The molecule has 1 aromatic heterocycles. The average molecular weight is 336 g/mol. The second-order valence-electron chi connectivity index (χ2n) is 5.34. The van der Waals surface area contributed by atoms with Crippen molar-refractivity contribution in [1.82, 2.24) is 10.6 Å². The third kappa shape index (κ3) is 4.18. The Morgan fingerprint density at radius 3 is 2.58 bits per heavy atom. The Kier molecular flexibility index (Phi) is 5.68. The molecule has 0 saturated carbocycles. The maximum atomic E-state index is 13.9. The van der Waals surface area contributed by atoms with E-state index < -0.39 is 35.5 Å². The van der Waals surface area contributed by atoms with E-state index in [4.69, 9.17) is 4.42 Å². The SMILES string of the molecule is CCC(NC(=O)C(C)NC(=O)c1ccoc1)c1cc(F)ccc1F. The second-order valence-corrected chi connectivity index (χ2v) is 5.34. The first-order valence-electron chi connectivity index (χ1n) is 7.50. The maximum Gasteiger partial charge on any atom is 0.255 e. The highest BCUT2D eigenvalue weighted by Gasteiger charge is 2.22. The molecule has 0 aliphatic heterocycles. The molecular formula is C17H18F2N2O3. The highest BCUT2D eigenvalue weighted by atomic mass is 19.1. The summed E-state index contributed by atoms with van der Waals surface area (Å²) >= 11 is 0. The van der Waals surface area contributed by atoms with Crippen molar-refractivity contribution < 1.29 is 22.8 Å². The minimum Gasteiger partial charge on any atom is -0.472 e. The molecule has 0 fully saturated rings. The van der Waals surface area contributed by atoms with Crippen LogP contribution in [0.1, 0.15) is 42.2 Å². The van der Waals surface area contributed by atoms with Gasteiger partial charge in [-0.15, -0.1) is 0 Å². The molecule has 24 heavy (non-hydrogen) atoms. The average Bonchev–Trinajstić information content (AvgIpc) is 3.09. The topological polar surface area (TPSA) is 71.3 Å². The lowest BCUT2D eigenvalue weighted by Crippen LogP contribution is -2.45. The lowest BCUT2D eigenvalue weighted by atomic mass is 10.0. The Labute approximate surface area is 138 Å². The molecule has 2 amide bonds. The van der Waals surface area contributed by atoms with Crippen molar-refractivity contribution in [2.75, 3.05) is 0 Å². The van der Waals surface area contributed by atoms with Gasteiger partial charge in [-0.2, -0.15) is 0 Å². The highest BCUT2D eigenvalue weighted by molar-refractivity contribution is 5.97. The molecule has 0 saturated heterocycles. The Balaban J connectivity index is 2.03. The van der Waals surface area contributed by atoms with Gasteiger partial charge in [-0.3, -0.25) is 9.59 Å². The van der Waals surface area contributed by atoms with E-state index in [0.717, 1.165) is 18.2 Å². The van der Waals surface area contributed by atoms with Crippen LogP contribution in [0.15, 0.2) is 41.2 Å². The Morgan fingerprint density at radius 2 is 1.96 bits per heavy atom. The monoisotopic (exact) mass is 336 g/mol. The normalized spacial score (nSPS) is 13.2. The van der Waals surface area contributed by atoms with Gasteiger partial charge in [-0.05, 0) is 37.6 Å². The summed E-state index contributed by atoms with van der Waals surface area (Å²) in [5, 5.41) is 5.13. The van der Waals surface area contributed by atoms with Crippen LogP contribution in [0.5, 0.6) is 0 Å². The van der Waals surface area contributed by atoms with Crippen LogP contribution in [-0.4, -0.2) is 17.9 Å². The molecular weight excluding hydrogens is 318 g/mol. The molecule has 0 aliphatic carbocycles. The highest BCUT2D eigenvalue weighted by Crippen LogP contribution is 2.21. The molecule has 2 N–H and O–H groups in total. The molecule has 1 aromatic carbocycles. The molecule has 7 heteroatoms. The van der Waals surface area contributed by atoms with Crippen molar-refractivity contribution in [3.8, 4) is 0 Å². The van der Waals surface area contributed by atoms with Gasteiger partial charge in [0.25, 0.3) is 5.91 Å². The Bertz CT molecular complexity index is 717. The summed E-state index contributed by atoms with van der Waals surface area (Å²) in [6.45, 7) is 3.24. The predicted octanol–water partition coefficient (Wildman–Crippen LogP) is 2.94. The van der Waals surface area contributed by atoms with Crippen LogP contribution in [0.2, 0.25) is 0 Å². The van der Waals surface area contributed by atoms with Crippen molar-refractivity contribution in [1.29, 1.82) is 0 Å². The first kappa shape index (κ1) is 17.7. The molecule has 2 unspecified atom stereocenters. The Hall–Kier alpha value is -2.70. The number of halogens is 2. The van der Waals surface area contributed by atoms with Crippen LogP contribution < -0.4 is 10.6 Å². The number of benzene rings is 1. The zero-order valence-electron chi connectivity index (χ0n) is 13.3. The van der Waals surface area contributed by atoms with Crippen LogP contribution >= 0.6 is 0 Å². The number of amides is 2. The Morgan fingerprint density at radius 1 is 1.21 bits per heavy atom. The van der Waals surface area contributed by atoms with Gasteiger partial charge in [0, 0.05) is 5.56 Å². The van der Waals surface area contributed by atoms with Gasteiger partial charge in [0.1, 0.15) is 23.9 Å². The van der Waals surface area contributed by atoms with E-state index in [1.54, 1.807) is 6.92 Å². The number of rotatable bonds is 6. The van der Waals surface area contributed by atoms with E-state index in [-0.39, 0.29) is 11.1 Å². The molecule has 0 radical (unpaired) electrons. The first-order valence-corrected chi connectivity index (χ1v) is 7.50. The van der Waals surface area contributed by atoms with E-state index in [1.165, 1.54) is 25.5 Å². The van der Waals surface area contributed by atoms with Crippen LogP contribution in [0.25, 0.3) is 0 Å². The molecule has 2 rings (SSSR count). The second kappa shape index (κ2) is 7.72. The number of nitrogens with one attached hydrogen (secondary N) is 2. The lowest BCUT2D eigenvalue weighted by Gasteiger charge is -2.21. The minimum atomic E-state index is -0.849. The number of carbonyl (C=O) groups excluding carboxylic acids is 2. The van der Waals surface area contributed by atoms with Crippen molar-refractivity contribution in [3.63, 3.8) is 0 Å². The van der Waals surface area contributed by atoms with Crippen molar-refractivity contribution in [3.05, 3.63) is 59.6 Å². The van der Waals surface area contributed by atoms with Gasteiger partial charge in [-0.1, -0.05) is 6.92 Å². The summed E-state index contributed by atoms with van der Waals surface area (Å²) in [6.07, 6.45) is 2.98. The summed E-state index contributed by atoms with van der Waals surface area (Å²) in [5.74, 6) is -2.14. The summed E-state index contributed by atoms with van der Waals surface area (Å²) < 4.78 is 32.0. The molecule has 128 valence electrons. The molecule has 5 nitrogen and oxygen atoms in total. The first-order chi connectivity index (χ1) is 11.4. The third-order valence-electron chi connectivity index (χ3n) is 3.58. The maximum absolute atomic E-state index is 13.9. The number of furan rings is 1. The van der Waals surface area contributed by atoms with Crippen LogP contribution in [-0.2, 0) is 4.79 Å². The fraction of sp³-hybridized carbons (Fsp3) is 0.294. The predicted molar refractivity (Wildman–Crippen MR) is 83.2 cm³/mol. The zero-order chi connectivity index (χ0) is 17.7. The smallest absolute Gasteiger partial charge is 0.255 e. The summed E-state index contributed by atoms with van der Waals surface area (Å²) in [7, 11) is 0. The molecule has 2 aromatic rings. The van der Waals surface area contributed by atoms with E-state index in [0.29, 0.717) is 6.42 Å². The van der Waals surface area contributed by atoms with Crippen molar-refractivity contribution >= 4 is 11.8 Å². The molecule has 2 atom stereocenters. The summed E-state index contributed by atoms with van der Waals surface area (Å²) in [5.41, 5.74) is 0.358. The van der Waals surface area contributed by atoms with E-state index in [1.807, 2.05) is 0 Å². The fourth-order valence-electron chi connectivity index (χ4n) is 2.22. The van der Waals surface area contributed by atoms with Crippen molar-refractivity contribution in [2.45, 2.75) is 32.4 Å². The van der Waals surface area contributed by atoms with Gasteiger partial charge in [-0.25, -0.2) is 8.78 Å². The largest absolute Gasteiger partial charge is 0.472 e. The summed E-state index contributed by atoms with van der Waals surface area (Å²) in [6, 6.07) is 3.01. The number of carbonyl (C=O) groups is 2. The van der Waals surface area contributed by atoms with Crippen LogP contribution in [0.3, 0.4) is 0 Å². The van der Waals surface area contributed by atoms with Crippen molar-refractivity contribution in [2.24, 2.45) is 0 Å². The fourth-order valence-corrected chi connectivity index (χ4v) is 2.22.